The molecule has 0 unspecified atom stereocenters. The second-order valence-electron chi connectivity index (χ2n) is 5.68. The highest BCUT2D eigenvalue weighted by atomic mass is 16.2. The molecule has 2 aromatic carbocycles. The lowest BCUT2D eigenvalue weighted by atomic mass is 9.90. The van der Waals surface area contributed by atoms with Gasteiger partial charge in [0.25, 0.3) is 0 Å². The van der Waals surface area contributed by atoms with Crippen LogP contribution in [0.15, 0.2) is 42.5 Å². The number of nitriles is 1. The lowest BCUT2D eigenvalue weighted by Crippen LogP contribution is -2.33. The molecule has 2 rings (SSSR count). The smallest absolute Gasteiger partial charge is 0.321 e. The fraction of sp³-hybridized carbons (Fsp3) is 0.263. The van der Waals surface area contributed by atoms with Gasteiger partial charge in [-0.25, -0.2) is 4.79 Å². The molecular formula is C19H20BN3O. The van der Waals surface area contributed by atoms with Crippen LogP contribution in [0, 0.1) is 11.3 Å². The Morgan fingerprint density at radius 3 is 2.75 bits per heavy atom. The normalized spacial score (nSPS) is 10.0. The number of carbonyl (C=O) groups excluding carboxylic acids is 1. The second kappa shape index (κ2) is 8.21. The van der Waals surface area contributed by atoms with Gasteiger partial charge >= 0.3 is 6.03 Å². The van der Waals surface area contributed by atoms with Gasteiger partial charge in [-0.15, -0.1) is 0 Å². The van der Waals surface area contributed by atoms with Crippen LogP contribution in [-0.2, 0) is 12.8 Å². The maximum atomic E-state index is 12.3. The number of amides is 2. The molecule has 0 aliphatic carbocycles. The Balaban J connectivity index is 1.95. The van der Waals surface area contributed by atoms with Crippen LogP contribution in [0.25, 0.3) is 0 Å². The molecule has 2 amide bonds. The minimum Gasteiger partial charge on any atom is -0.327 e. The molecule has 0 spiro atoms. The minimum atomic E-state index is -0.196. The molecule has 120 valence electrons. The number of rotatable bonds is 5. The van der Waals surface area contributed by atoms with Crippen molar-refractivity contribution in [3.8, 4) is 6.07 Å². The SMILES string of the molecule is [B]c1ccc(CCN(C)C(=O)Nc2cccc(C#N)c2)c(CC)c1. The quantitative estimate of drug-likeness (QED) is 0.862. The predicted octanol–water partition coefficient (Wildman–Crippen LogP) is 2.62. The molecule has 2 radical (unpaired) electrons. The van der Waals surface area contributed by atoms with Crippen molar-refractivity contribution in [2.75, 3.05) is 18.9 Å². The van der Waals surface area contributed by atoms with E-state index in [2.05, 4.69) is 18.3 Å². The van der Waals surface area contributed by atoms with Gasteiger partial charge in [0.05, 0.1) is 11.6 Å². The number of hydrogen-bond donors (Lipinski definition) is 1. The molecule has 0 fully saturated rings. The molecule has 0 aliphatic heterocycles. The fourth-order valence-corrected chi connectivity index (χ4v) is 2.49. The number of likely N-dealkylation sites (N-methyl/N-ethyl adjacent to an activating group) is 1. The summed E-state index contributed by atoms with van der Waals surface area (Å²) in [6, 6.07) is 14.6. The van der Waals surface area contributed by atoms with Crippen molar-refractivity contribution in [2.24, 2.45) is 0 Å². The van der Waals surface area contributed by atoms with Gasteiger partial charge in [-0.2, -0.15) is 5.26 Å². The van der Waals surface area contributed by atoms with Crippen molar-refractivity contribution >= 4 is 25.0 Å². The Morgan fingerprint density at radius 1 is 1.25 bits per heavy atom. The van der Waals surface area contributed by atoms with Crippen molar-refractivity contribution in [1.82, 2.24) is 4.90 Å². The maximum Gasteiger partial charge on any atom is 0.321 e. The third-order valence-electron chi connectivity index (χ3n) is 3.92. The van der Waals surface area contributed by atoms with E-state index >= 15 is 0 Å². The van der Waals surface area contributed by atoms with Crippen LogP contribution in [0.1, 0.15) is 23.6 Å². The maximum absolute atomic E-state index is 12.3. The molecule has 0 bridgehead atoms. The molecule has 24 heavy (non-hydrogen) atoms. The van der Waals surface area contributed by atoms with E-state index in [0.29, 0.717) is 17.8 Å². The third-order valence-corrected chi connectivity index (χ3v) is 3.92. The van der Waals surface area contributed by atoms with Crippen LogP contribution < -0.4 is 10.8 Å². The van der Waals surface area contributed by atoms with E-state index in [9.17, 15) is 4.79 Å². The molecule has 0 saturated heterocycles. The lowest BCUT2D eigenvalue weighted by molar-refractivity contribution is 0.223. The standard InChI is InChI=1S/C19H20BN3O/c1-3-15-12-17(20)8-7-16(15)9-10-23(2)19(24)22-18-6-4-5-14(11-18)13-21/h4-8,11-12H,3,9-10H2,1-2H3,(H,22,24). The average molecular weight is 317 g/mol. The highest BCUT2D eigenvalue weighted by Gasteiger charge is 2.10. The van der Waals surface area contributed by atoms with Gasteiger partial charge in [0.1, 0.15) is 7.85 Å². The number of nitrogens with zero attached hydrogens (tertiary/aromatic N) is 2. The minimum absolute atomic E-state index is 0.196. The highest BCUT2D eigenvalue weighted by Crippen LogP contribution is 2.12. The number of nitrogens with one attached hydrogen (secondary N) is 1. The molecular weight excluding hydrogens is 297 g/mol. The Kier molecular flexibility index (Phi) is 6.03. The largest absolute Gasteiger partial charge is 0.327 e. The molecule has 5 heteroatoms. The zero-order valence-corrected chi connectivity index (χ0v) is 14.0. The summed E-state index contributed by atoms with van der Waals surface area (Å²) < 4.78 is 0. The summed E-state index contributed by atoms with van der Waals surface area (Å²) in [5.41, 5.74) is 4.32. The Hall–Kier alpha value is -2.74. The summed E-state index contributed by atoms with van der Waals surface area (Å²) in [7, 11) is 7.58. The van der Waals surface area contributed by atoms with E-state index in [4.69, 9.17) is 13.1 Å². The molecule has 4 nitrogen and oxygen atoms in total. The zero-order chi connectivity index (χ0) is 17.5. The first-order chi connectivity index (χ1) is 11.5. The van der Waals surface area contributed by atoms with Crippen molar-refractivity contribution < 1.29 is 4.79 Å². The topological polar surface area (TPSA) is 56.1 Å². The first kappa shape index (κ1) is 17.6. The molecule has 2 aromatic rings. The van der Waals surface area contributed by atoms with Gasteiger partial charge in [0.15, 0.2) is 0 Å². The summed E-state index contributed by atoms with van der Waals surface area (Å²) in [4.78, 5) is 13.9. The highest BCUT2D eigenvalue weighted by molar-refractivity contribution is 6.32. The fourth-order valence-electron chi connectivity index (χ4n) is 2.49. The van der Waals surface area contributed by atoms with Gasteiger partial charge in [0, 0.05) is 19.3 Å². The predicted molar refractivity (Wildman–Crippen MR) is 97.7 cm³/mol. The number of hydrogen-bond acceptors (Lipinski definition) is 2. The summed E-state index contributed by atoms with van der Waals surface area (Å²) in [6.07, 6.45) is 1.68. The van der Waals surface area contributed by atoms with Crippen LogP contribution in [0.5, 0.6) is 0 Å². The van der Waals surface area contributed by atoms with Gasteiger partial charge in [-0.3, -0.25) is 0 Å². The number of anilines is 1. The number of aryl methyl sites for hydroxylation is 1. The molecule has 1 N–H and O–H groups in total. The van der Waals surface area contributed by atoms with E-state index in [-0.39, 0.29) is 6.03 Å². The van der Waals surface area contributed by atoms with Crippen molar-refractivity contribution in [3.05, 3.63) is 59.2 Å². The van der Waals surface area contributed by atoms with Gasteiger partial charge in [-0.1, -0.05) is 36.7 Å². The second-order valence-corrected chi connectivity index (χ2v) is 5.68. The van der Waals surface area contributed by atoms with Crippen molar-refractivity contribution in [1.29, 1.82) is 5.26 Å². The molecule has 0 saturated carbocycles. The lowest BCUT2D eigenvalue weighted by Gasteiger charge is -2.19. The average Bonchev–Trinajstić information content (AvgIpc) is 2.60. The first-order valence-electron chi connectivity index (χ1n) is 7.93. The summed E-state index contributed by atoms with van der Waals surface area (Å²) in [5.74, 6) is 0. The van der Waals surface area contributed by atoms with Gasteiger partial charge in [0.2, 0.25) is 0 Å². The summed E-state index contributed by atoms with van der Waals surface area (Å²) >= 11 is 0. The van der Waals surface area contributed by atoms with E-state index < -0.39 is 0 Å². The monoisotopic (exact) mass is 317 g/mol. The Labute approximate surface area is 144 Å². The van der Waals surface area contributed by atoms with Gasteiger partial charge in [-0.05, 0) is 42.2 Å². The molecule has 0 heterocycles. The van der Waals surface area contributed by atoms with E-state index in [1.54, 1.807) is 36.2 Å². The third kappa shape index (κ3) is 4.63. The van der Waals surface area contributed by atoms with Crippen LogP contribution in [0.4, 0.5) is 10.5 Å². The van der Waals surface area contributed by atoms with Crippen molar-refractivity contribution in [3.63, 3.8) is 0 Å². The zero-order valence-electron chi connectivity index (χ0n) is 14.0. The van der Waals surface area contributed by atoms with Crippen LogP contribution in [0.3, 0.4) is 0 Å². The molecule has 0 aromatic heterocycles. The summed E-state index contributed by atoms with van der Waals surface area (Å²) in [6.45, 7) is 2.69. The van der Waals surface area contributed by atoms with Crippen LogP contribution in [0.2, 0.25) is 0 Å². The van der Waals surface area contributed by atoms with Gasteiger partial charge < -0.3 is 10.2 Å². The number of carbonyl (C=O) groups is 1. The Morgan fingerprint density at radius 2 is 2.04 bits per heavy atom. The van der Waals surface area contributed by atoms with Crippen LogP contribution >= 0.6 is 0 Å². The van der Waals surface area contributed by atoms with Crippen molar-refractivity contribution in [2.45, 2.75) is 19.8 Å². The summed E-state index contributed by atoms with van der Waals surface area (Å²) in [5, 5.41) is 11.7. The number of urea groups is 1. The Bertz CT molecular complexity index is 767. The van der Waals surface area contributed by atoms with E-state index in [0.717, 1.165) is 18.3 Å². The van der Waals surface area contributed by atoms with Crippen LogP contribution in [-0.4, -0.2) is 32.4 Å². The number of benzene rings is 2. The van der Waals surface area contributed by atoms with E-state index in [1.165, 1.54) is 11.1 Å². The molecule has 0 atom stereocenters. The first-order valence-corrected chi connectivity index (χ1v) is 7.93. The van der Waals surface area contributed by atoms with E-state index in [1.807, 2.05) is 18.2 Å². The molecule has 0 aliphatic rings.